The summed E-state index contributed by atoms with van der Waals surface area (Å²) in [5.41, 5.74) is 0.827. The summed E-state index contributed by atoms with van der Waals surface area (Å²) in [4.78, 5) is 11.2. The highest BCUT2D eigenvalue weighted by molar-refractivity contribution is 6.74. The minimum absolute atomic E-state index is 0.0175. The highest BCUT2D eigenvalue weighted by atomic mass is 28.4. The third kappa shape index (κ3) is 3.97. The lowest BCUT2D eigenvalue weighted by atomic mass is 9.64. The van der Waals surface area contributed by atoms with E-state index < -0.39 is 8.32 Å². The Bertz CT molecular complexity index is 729. The van der Waals surface area contributed by atoms with Crippen molar-refractivity contribution in [3.8, 4) is 5.88 Å². The van der Waals surface area contributed by atoms with E-state index in [1.807, 2.05) is 0 Å². The minimum atomic E-state index is -1.79. The molecule has 1 spiro atoms. The Morgan fingerprint density at radius 2 is 1.96 bits per heavy atom. The fourth-order valence-electron chi connectivity index (χ4n) is 3.66. The van der Waals surface area contributed by atoms with Gasteiger partial charge in [0.25, 0.3) is 0 Å². The molecule has 0 unspecified atom stereocenters. The average molecular weight is 412 g/mol. The van der Waals surface area contributed by atoms with E-state index in [9.17, 15) is 10.1 Å². The Kier molecular flexibility index (Phi) is 5.63. The van der Waals surface area contributed by atoms with E-state index in [0.717, 1.165) is 26.1 Å². The van der Waals surface area contributed by atoms with E-state index in [1.165, 1.54) is 0 Å². The number of aromatic nitrogens is 2. The van der Waals surface area contributed by atoms with Gasteiger partial charge in [-0.25, -0.2) is 0 Å². The van der Waals surface area contributed by atoms with Crippen LogP contribution in [0.1, 0.15) is 51.8 Å². The molecule has 158 valence electrons. The van der Waals surface area contributed by atoms with E-state index in [1.54, 1.807) is 11.6 Å². The van der Waals surface area contributed by atoms with Gasteiger partial charge < -0.3 is 13.9 Å². The molecule has 8 nitrogen and oxygen atoms in total. The van der Waals surface area contributed by atoms with Gasteiger partial charge in [-0.3, -0.25) is 14.8 Å². The first-order valence-corrected chi connectivity index (χ1v) is 12.9. The number of hydrogen-bond acceptors (Lipinski definition) is 6. The maximum Gasteiger partial charge on any atom is 0.352 e. The van der Waals surface area contributed by atoms with E-state index in [4.69, 9.17) is 13.9 Å². The maximum absolute atomic E-state index is 11.5. The second-order valence-electron chi connectivity index (χ2n) is 9.81. The molecule has 2 aliphatic rings. The van der Waals surface area contributed by atoms with Crippen LogP contribution in [0.3, 0.4) is 0 Å². The smallest absolute Gasteiger partial charge is 0.352 e. The number of nitro groups is 1. The lowest BCUT2D eigenvalue weighted by Crippen LogP contribution is -2.52. The molecule has 0 bridgehead atoms. The number of nitrogens with zero attached hydrogens (tertiary/aromatic N) is 3. The van der Waals surface area contributed by atoms with Crippen molar-refractivity contribution in [2.75, 3.05) is 26.4 Å². The van der Waals surface area contributed by atoms with Gasteiger partial charge in [-0.1, -0.05) is 20.8 Å². The van der Waals surface area contributed by atoms with E-state index in [0.29, 0.717) is 25.3 Å². The quantitative estimate of drug-likeness (QED) is 0.275. The van der Waals surface area contributed by atoms with Crippen molar-refractivity contribution in [1.29, 1.82) is 0 Å². The molecule has 2 heterocycles. The van der Waals surface area contributed by atoms with Crippen molar-refractivity contribution >= 4 is 14.0 Å². The van der Waals surface area contributed by atoms with Gasteiger partial charge in [0, 0.05) is 18.4 Å². The highest BCUT2D eigenvalue weighted by Gasteiger charge is 2.51. The normalized spacial score (nSPS) is 19.4. The maximum atomic E-state index is 11.5. The first kappa shape index (κ1) is 21.3. The van der Waals surface area contributed by atoms with Gasteiger partial charge in [0.15, 0.2) is 8.32 Å². The van der Waals surface area contributed by atoms with Crippen molar-refractivity contribution in [2.45, 2.75) is 71.1 Å². The van der Waals surface area contributed by atoms with Crippen molar-refractivity contribution in [1.82, 2.24) is 9.78 Å². The van der Waals surface area contributed by atoms with Crippen LogP contribution >= 0.6 is 0 Å². The molecule has 0 amide bonds. The fraction of sp³-hybridized carbons (Fsp3) is 0.842. The van der Waals surface area contributed by atoms with Gasteiger partial charge >= 0.3 is 11.6 Å². The zero-order valence-corrected chi connectivity index (χ0v) is 18.9. The molecule has 0 N–H and O–H groups in total. The molecule has 1 aliphatic carbocycles. The molecule has 1 saturated carbocycles. The Morgan fingerprint density at radius 1 is 1.32 bits per heavy atom. The van der Waals surface area contributed by atoms with Crippen LogP contribution in [0.5, 0.6) is 5.88 Å². The Morgan fingerprint density at radius 3 is 2.46 bits per heavy atom. The van der Waals surface area contributed by atoms with E-state index in [-0.39, 0.29) is 33.0 Å². The lowest BCUT2D eigenvalue weighted by Gasteiger charge is -2.53. The van der Waals surface area contributed by atoms with Crippen LogP contribution in [0, 0.1) is 22.5 Å². The molecule has 1 aromatic rings. The first-order valence-electron chi connectivity index (χ1n) is 10.0. The molecule has 28 heavy (non-hydrogen) atoms. The monoisotopic (exact) mass is 411 g/mol. The summed E-state index contributed by atoms with van der Waals surface area (Å²) < 4.78 is 18.9. The number of ether oxygens (including phenoxy) is 2. The molecule has 1 aromatic heterocycles. The average Bonchev–Trinajstić information content (AvgIpc) is 2.79. The molecule has 2 fully saturated rings. The third-order valence-corrected chi connectivity index (χ3v) is 11.1. The van der Waals surface area contributed by atoms with Gasteiger partial charge in [0.2, 0.25) is 0 Å². The lowest BCUT2D eigenvalue weighted by molar-refractivity contribution is -0.386. The molecular weight excluding hydrogens is 378 g/mol. The van der Waals surface area contributed by atoms with E-state index in [2.05, 4.69) is 39.0 Å². The van der Waals surface area contributed by atoms with Crippen molar-refractivity contribution in [2.24, 2.45) is 5.41 Å². The van der Waals surface area contributed by atoms with Gasteiger partial charge in [-0.2, -0.15) is 0 Å². The molecular formula is C19H33N3O5Si. The summed E-state index contributed by atoms with van der Waals surface area (Å²) in [7, 11) is -1.79. The van der Waals surface area contributed by atoms with Crippen LogP contribution in [-0.4, -0.2) is 49.4 Å². The summed E-state index contributed by atoms with van der Waals surface area (Å²) in [6.45, 7) is 15.3. The second kappa shape index (κ2) is 7.42. The summed E-state index contributed by atoms with van der Waals surface area (Å²) in [6, 6.07) is 0.196. The van der Waals surface area contributed by atoms with Crippen molar-refractivity contribution < 1.29 is 18.8 Å². The SMILES string of the molecule is Cc1c([N+](=O)[O-])c(OCCCO[Si](C)(C)C(C)(C)C)nn1C1CC2(COC2)C1. The minimum Gasteiger partial charge on any atom is -0.472 e. The standard InChI is InChI=1S/C19H33N3O5Si/c1-14-16(22(23)24)17(20-21(14)15-10-19(11-15)12-25-13-19)26-8-7-9-27-28(5,6)18(2,3)4/h15H,7-13H2,1-6H3. The summed E-state index contributed by atoms with van der Waals surface area (Å²) in [6.07, 6.45) is 2.61. The Hall–Kier alpha value is -1.45. The third-order valence-electron chi connectivity index (χ3n) is 6.57. The molecule has 0 radical (unpaired) electrons. The topological polar surface area (TPSA) is 88.7 Å². The number of hydrogen-bond donors (Lipinski definition) is 0. The summed E-state index contributed by atoms with van der Waals surface area (Å²) in [5.74, 6) is 0.126. The molecule has 1 saturated heterocycles. The van der Waals surface area contributed by atoms with Crippen LogP contribution in [0.4, 0.5) is 5.69 Å². The molecule has 9 heteroatoms. The summed E-state index contributed by atoms with van der Waals surface area (Å²) in [5, 5.41) is 16.1. The van der Waals surface area contributed by atoms with Gasteiger partial charge in [-0.05, 0) is 37.9 Å². The fourth-order valence-corrected chi connectivity index (χ4v) is 4.74. The molecule has 0 aromatic carbocycles. The van der Waals surface area contributed by atoms with Crippen LogP contribution < -0.4 is 4.74 Å². The Balaban J connectivity index is 1.56. The van der Waals surface area contributed by atoms with E-state index >= 15 is 0 Å². The zero-order chi connectivity index (χ0) is 20.7. The van der Waals surface area contributed by atoms with Gasteiger partial charge in [0.1, 0.15) is 5.69 Å². The molecule has 3 rings (SSSR count). The van der Waals surface area contributed by atoms with Crippen LogP contribution in [0.2, 0.25) is 18.1 Å². The number of rotatable bonds is 8. The zero-order valence-electron chi connectivity index (χ0n) is 17.9. The first-order chi connectivity index (χ1) is 13.0. The predicted molar refractivity (Wildman–Crippen MR) is 108 cm³/mol. The Labute approximate surface area is 167 Å². The highest BCUT2D eigenvalue weighted by Crippen LogP contribution is 2.54. The molecule has 0 atom stereocenters. The van der Waals surface area contributed by atoms with Gasteiger partial charge in [0.05, 0.1) is 30.8 Å². The molecule has 1 aliphatic heterocycles. The van der Waals surface area contributed by atoms with Crippen LogP contribution in [0.15, 0.2) is 0 Å². The van der Waals surface area contributed by atoms with Crippen LogP contribution in [0.25, 0.3) is 0 Å². The second-order valence-corrected chi connectivity index (χ2v) is 14.6. The predicted octanol–water partition coefficient (Wildman–Crippen LogP) is 4.24. The largest absolute Gasteiger partial charge is 0.472 e. The summed E-state index contributed by atoms with van der Waals surface area (Å²) >= 11 is 0. The van der Waals surface area contributed by atoms with Gasteiger partial charge in [-0.15, -0.1) is 5.10 Å². The van der Waals surface area contributed by atoms with Crippen molar-refractivity contribution in [3.05, 3.63) is 15.8 Å². The van der Waals surface area contributed by atoms with Crippen molar-refractivity contribution in [3.63, 3.8) is 0 Å². The van der Waals surface area contributed by atoms with Crippen LogP contribution in [-0.2, 0) is 9.16 Å².